The minimum Gasteiger partial charge on any atom is -0.337 e. The summed E-state index contributed by atoms with van der Waals surface area (Å²) in [5.41, 5.74) is 0. The molecule has 94 valence electrons. The van der Waals surface area contributed by atoms with Crippen LogP contribution >= 0.6 is 11.6 Å². The highest BCUT2D eigenvalue weighted by Crippen LogP contribution is 2.17. The molecule has 7 heteroatoms. The largest absolute Gasteiger partial charge is 0.337 e. The van der Waals surface area contributed by atoms with Crippen molar-refractivity contribution in [2.45, 2.75) is 25.3 Å². The van der Waals surface area contributed by atoms with Gasteiger partial charge in [0.05, 0.1) is 6.26 Å². The van der Waals surface area contributed by atoms with Gasteiger partial charge >= 0.3 is 0 Å². The quantitative estimate of drug-likeness (QED) is 0.739. The number of sulfonamides is 1. The fourth-order valence-corrected chi connectivity index (χ4v) is 2.51. The Hall–Kier alpha value is -0.330. The number of amides is 1. The number of nitrogens with one attached hydrogen (secondary N) is 1. The molecule has 0 aromatic carbocycles. The van der Waals surface area contributed by atoms with Gasteiger partial charge in [0, 0.05) is 19.1 Å². The zero-order chi connectivity index (χ0) is 12.2. The molecule has 16 heavy (non-hydrogen) atoms. The van der Waals surface area contributed by atoms with Gasteiger partial charge < -0.3 is 4.90 Å². The van der Waals surface area contributed by atoms with E-state index in [1.807, 2.05) is 0 Å². The first kappa shape index (κ1) is 13.7. The number of alkyl halides is 1. The predicted octanol–water partition coefficient (Wildman–Crippen LogP) is 0.155. The third-order valence-electron chi connectivity index (χ3n) is 2.64. The minimum absolute atomic E-state index is 0.0463. The molecule has 1 fully saturated rings. The summed E-state index contributed by atoms with van der Waals surface area (Å²) >= 11 is 5.51. The molecule has 0 spiro atoms. The first-order valence-corrected chi connectivity index (χ1v) is 7.66. The molecule has 0 radical (unpaired) electrons. The lowest BCUT2D eigenvalue weighted by atomic mass is 10.0. The Balaban J connectivity index is 2.57. The van der Waals surface area contributed by atoms with Gasteiger partial charge in [0.15, 0.2) is 0 Å². The first-order chi connectivity index (χ1) is 7.44. The number of likely N-dealkylation sites (tertiary alicyclic amines) is 1. The summed E-state index contributed by atoms with van der Waals surface area (Å²) in [4.78, 5) is 13.2. The molecule has 1 rings (SSSR count). The maximum atomic E-state index is 11.5. The van der Waals surface area contributed by atoms with Gasteiger partial charge in [-0.3, -0.25) is 4.79 Å². The van der Waals surface area contributed by atoms with Gasteiger partial charge in [0.25, 0.3) is 0 Å². The molecule has 1 heterocycles. The molecule has 1 aliphatic heterocycles. The Morgan fingerprint density at radius 3 is 2.75 bits per heavy atom. The van der Waals surface area contributed by atoms with Gasteiger partial charge in [-0.1, -0.05) is 0 Å². The average Bonchev–Trinajstić information content (AvgIpc) is 2.25. The van der Waals surface area contributed by atoms with Gasteiger partial charge in [0.2, 0.25) is 15.9 Å². The van der Waals surface area contributed by atoms with E-state index in [-0.39, 0.29) is 24.4 Å². The Morgan fingerprint density at radius 1 is 1.50 bits per heavy atom. The van der Waals surface area contributed by atoms with E-state index < -0.39 is 10.0 Å². The second-order valence-corrected chi connectivity index (χ2v) is 6.09. The lowest BCUT2D eigenvalue weighted by molar-refractivity contribution is -0.131. The highest BCUT2D eigenvalue weighted by atomic mass is 35.5. The fraction of sp³-hybridized carbons (Fsp3) is 0.889. The van der Waals surface area contributed by atoms with Crippen molar-refractivity contribution < 1.29 is 13.2 Å². The molecule has 0 aliphatic carbocycles. The summed E-state index contributed by atoms with van der Waals surface area (Å²) in [6.45, 7) is 0.948. The molecular formula is C9H17ClN2O3S. The Bertz CT molecular complexity index is 345. The third kappa shape index (κ3) is 4.27. The monoisotopic (exact) mass is 268 g/mol. The Labute approximate surface area is 101 Å². The highest BCUT2D eigenvalue weighted by Gasteiger charge is 2.26. The lowest BCUT2D eigenvalue weighted by Gasteiger charge is -2.35. The molecular weight excluding hydrogens is 252 g/mol. The molecule has 1 aliphatic rings. The zero-order valence-corrected chi connectivity index (χ0v) is 10.9. The highest BCUT2D eigenvalue weighted by molar-refractivity contribution is 7.88. The van der Waals surface area contributed by atoms with Crippen LogP contribution in [0.2, 0.25) is 0 Å². The van der Waals surface area contributed by atoms with Crippen molar-refractivity contribution in [3.63, 3.8) is 0 Å². The van der Waals surface area contributed by atoms with E-state index in [4.69, 9.17) is 11.6 Å². The molecule has 1 N–H and O–H groups in total. The van der Waals surface area contributed by atoms with E-state index >= 15 is 0 Å². The maximum absolute atomic E-state index is 11.5. The van der Waals surface area contributed by atoms with Crippen LogP contribution in [0.5, 0.6) is 0 Å². The number of hydrogen-bond donors (Lipinski definition) is 1. The van der Waals surface area contributed by atoms with Crippen molar-refractivity contribution in [1.29, 1.82) is 0 Å². The summed E-state index contributed by atoms with van der Waals surface area (Å²) in [7, 11) is -3.20. The van der Waals surface area contributed by atoms with Crippen LogP contribution in [-0.4, -0.2) is 50.5 Å². The maximum Gasteiger partial charge on any atom is 0.237 e. The van der Waals surface area contributed by atoms with Crippen LogP contribution in [0.1, 0.15) is 19.3 Å². The third-order valence-corrected chi connectivity index (χ3v) is 3.56. The lowest BCUT2D eigenvalue weighted by Crippen LogP contribution is -2.49. The SMILES string of the molecule is CS(=O)(=O)NCC1CCCCN1C(=O)CCl. The van der Waals surface area contributed by atoms with Gasteiger partial charge in [-0.25, -0.2) is 13.1 Å². The normalized spacial score (nSPS) is 22.1. The number of hydrogen-bond acceptors (Lipinski definition) is 3. The van der Waals surface area contributed by atoms with Gasteiger partial charge in [-0.05, 0) is 19.3 Å². The van der Waals surface area contributed by atoms with Gasteiger partial charge in [-0.2, -0.15) is 0 Å². The van der Waals surface area contributed by atoms with Crippen LogP contribution in [0.25, 0.3) is 0 Å². The van der Waals surface area contributed by atoms with Gasteiger partial charge in [-0.15, -0.1) is 11.6 Å². The fourth-order valence-electron chi connectivity index (χ4n) is 1.87. The summed E-state index contributed by atoms with van der Waals surface area (Å²) in [5, 5.41) is 0. The standard InChI is InChI=1S/C9H17ClN2O3S/c1-16(14,15)11-7-8-4-2-3-5-12(8)9(13)6-10/h8,11H,2-7H2,1H3. The number of carbonyl (C=O) groups is 1. The summed E-state index contributed by atoms with van der Waals surface area (Å²) < 4.78 is 24.4. The molecule has 1 amide bonds. The molecule has 0 bridgehead atoms. The van der Waals surface area contributed by atoms with Crippen LogP contribution in [0.15, 0.2) is 0 Å². The zero-order valence-electron chi connectivity index (χ0n) is 9.28. The number of halogens is 1. The predicted molar refractivity (Wildman–Crippen MR) is 62.9 cm³/mol. The topological polar surface area (TPSA) is 66.5 Å². The number of carbonyl (C=O) groups excluding carboxylic acids is 1. The van der Waals surface area contributed by atoms with Crippen molar-refractivity contribution in [2.24, 2.45) is 0 Å². The Morgan fingerprint density at radius 2 is 2.19 bits per heavy atom. The summed E-state index contributed by atoms with van der Waals surface area (Å²) in [6, 6.07) is -0.0604. The molecule has 1 unspecified atom stereocenters. The van der Waals surface area contributed by atoms with Crippen molar-refractivity contribution in [3.8, 4) is 0 Å². The molecule has 0 saturated carbocycles. The van der Waals surface area contributed by atoms with Gasteiger partial charge in [0.1, 0.15) is 5.88 Å². The van der Waals surface area contributed by atoms with Crippen LogP contribution in [0, 0.1) is 0 Å². The van der Waals surface area contributed by atoms with E-state index in [2.05, 4.69) is 4.72 Å². The van der Waals surface area contributed by atoms with E-state index in [1.54, 1.807) is 4.90 Å². The number of piperidine rings is 1. The van der Waals surface area contributed by atoms with Crippen LogP contribution in [-0.2, 0) is 14.8 Å². The summed E-state index contributed by atoms with van der Waals surface area (Å²) in [5.74, 6) is -0.170. The van der Waals surface area contributed by atoms with Crippen LogP contribution in [0.3, 0.4) is 0 Å². The van der Waals surface area contributed by atoms with Crippen molar-refractivity contribution >= 4 is 27.5 Å². The van der Waals surface area contributed by atoms with Crippen LogP contribution < -0.4 is 4.72 Å². The number of rotatable bonds is 4. The van der Waals surface area contributed by atoms with E-state index in [9.17, 15) is 13.2 Å². The second kappa shape index (κ2) is 5.84. The minimum atomic E-state index is -3.20. The number of nitrogens with zero attached hydrogens (tertiary/aromatic N) is 1. The van der Waals surface area contributed by atoms with Crippen molar-refractivity contribution in [3.05, 3.63) is 0 Å². The first-order valence-electron chi connectivity index (χ1n) is 5.24. The average molecular weight is 269 g/mol. The molecule has 1 saturated heterocycles. The van der Waals surface area contributed by atoms with Crippen molar-refractivity contribution in [1.82, 2.24) is 9.62 Å². The molecule has 0 aromatic rings. The van der Waals surface area contributed by atoms with E-state index in [0.717, 1.165) is 25.5 Å². The smallest absolute Gasteiger partial charge is 0.237 e. The molecule has 5 nitrogen and oxygen atoms in total. The second-order valence-electron chi connectivity index (χ2n) is 3.99. The summed E-state index contributed by atoms with van der Waals surface area (Å²) in [6.07, 6.45) is 3.91. The van der Waals surface area contributed by atoms with E-state index in [0.29, 0.717) is 6.54 Å². The molecule has 0 aromatic heterocycles. The Kier molecular flexibility index (Phi) is 5.01. The van der Waals surface area contributed by atoms with Crippen molar-refractivity contribution in [2.75, 3.05) is 25.2 Å². The van der Waals surface area contributed by atoms with E-state index in [1.165, 1.54) is 0 Å². The van der Waals surface area contributed by atoms with Crippen LogP contribution in [0.4, 0.5) is 0 Å². The molecule has 1 atom stereocenters.